The number of aromatic nitrogens is 4. The molecule has 1 aromatic heterocycles. The third-order valence-corrected chi connectivity index (χ3v) is 3.17. The lowest BCUT2D eigenvalue weighted by Gasteiger charge is -2.30. The second-order valence-electron chi connectivity index (χ2n) is 3.89. The molecule has 0 saturated heterocycles. The Morgan fingerprint density at radius 2 is 2.07 bits per heavy atom. The second-order valence-corrected chi connectivity index (χ2v) is 3.89. The van der Waals surface area contributed by atoms with Gasteiger partial charge in [0.05, 0.1) is 0 Å². The van der Waals surface area contributed by atoms with Crippen LogP contribution in [-0.4, -0.2) is 33.3 Å². The Labute approximate surface area is 90.2 Å². The molecule has 15 heavy (non-hydrogen) atoms. The molecule has 0 spiro atoms. The monoisotopic (exact) mass is 212 g/mol. The summed E-state index contributed by atoms with van der Waals surface area (Å²) in [5, 5.41) is 14.4. The van der Waals surface area contributed by atoms with Crippen molar-refractivity contribution in [3.8, 4) is 0 Å². The van der Waals surface area contributed by atoms with E-state index in [1.807, 2.05) is 7.05 Å². The molecule has 3 N–H and O–H groups in total. The highest BCUT2D eigenvalue weighted by atomic mass is 15.6. The van der Waals surface area contributed by atoms with Crippen LogP contribution in [0.15, 0.2) is 0 Å². The van der Waals surface area contributed by atoms with Gasteiger partial charge in [0, 0.05) is 13.6 Å². The number of aryl methyl sites for hydroxylation is 1. The smallest absolute Gasteiger partial charge is 0.242 e. The second kappa shape index (κ2) is 5.06. The van der Waals surface area contributed by atoms with Crippen LogP contribution in [0.2, 0.25) is 0 Å². The van der Waals surface area contributed by atoms with Gasteiger partial charge in [-0.25, -0.2) is 4.68 Å². The van der Waals surface area contributed by atoms with E-state index in [1.165, 1.54) is 0 Å². The Kier molecular flexibility index (Phi) is 4.02. The zero-order chi connectivity index (χ0) is 11.3. The van der Waals surface area contributed by atoms with E-state index < -0.39 is 0 Å². The lowest BCUT2D eigenvalue weighted by Crippen LogP contribution is -2.36. The van der Waals surface area contributed by atoms with Gasteiger partial charge in [-0.15, -0.1) is 0 Å². The molecule has 1 heterocycles. The van der Waals surface area contributed by atoms with Crippen LogP contribution in [0.3, 0.4) is 0 Å². The molecule has 0 aliphatic rings. The van der Waals surface area contributed by atoms with Crippen LogP contribution in [0.4, 0.5) is 5.95 Å². The predicted molar refractivity (Wildman–Crippen MR) is 59.4 cm³/mol. The standard InChI is InChI=1S/C9H20N6/c1-4-9(5-2,6-10)7-11-8-12-13-14-15(8)3/h4-7,10H2,1-3H3,(H,11,12,14). The van der Waals surface area contributed by atoms with Crippen molar-refractivity contribution >= 4 is 5.95 Å². The van der Waals surface area contributed by atoms with Gasteiger partial charge in [0.25, 0.3) is 0 Å². The van der Waals surface area contributed by atoms with Crippen LogP contribution in [0.5, 0.6) is 0 Å². The molecular weight excluding hydrogens is 192 g/mol. The largest absolute Gasteiger partial charge is 0.352 e. The van der Waals surface area contributed by atoms with Crippen molar-refractivity contribution in [2.45, 2.75) is 26.7 Å². The fourth-order valence-electron chi connectivity index (χ4n) is 1.51. The SMILES string of the molecule is CCC(CC)(CN)CNc1nnnn1C. The first-order valence-electron chi connectivity index (χ1n) is 5.33. The summed E-state index contributed by atoms with van der Waals surface area (Å²) in [6.07, 6.45) is 2.11. The Balaban J connectivity index is 2.58. The highest BCUT2D eigenvalue weighted by molar-refractivity contribution is 5.21. The number of hydrogen-bond donors (Lipinski definition) is 2. The number of hydrogen-bond acceptors (Lipinski definition) is 5. The number of nitrogens with one attached hydrogen (secondary N) is 1. The summed E-state index contributed by atoms with van der Waals surface area (Å²) in [5.41, 5.74) is 5.95. The summed E-state index contributed by atoms with van der Waals surface area (Å²) in [6.45, 7) is 5.81. The van der Waals surface area contributed by atoms with E-state index in [4.69, 9.17) is 5.73 Å². The van der Waals surface area contributed by atoms with Gasteiger partial charge in [0.1, 0.15) is 0 Å². The number of nitrogens with two attached hydrogens (primary N) is 1. The van der Waals surface area contributed by atoms with E-state index in [0.717, 1.165) is 19.4 Å². The fraction of sp³-hybridized carbons (Fsp3) is 0.889. The Morgan fingerprint density at radius 1 is 1.40 bits per heavy atom. The molecule has 86 valence electrons. The molecule has 1 aromatic rings. The molecule has 0 fully saturated rings. The van der Waals surface area contributed by atoms with Crippen molar-refractivity contribution in [1.29, 1.82) is 0 Å². The molecule has 0 aromatic carbocycles. The van der Waals surface area contributed by atoms with Crippen LogP contribution in [0, 0.1) is 5.41 Å². The van der Waals surface area contributed by atoms with Gasteiger partial charge in [-0.2, -0.15) is 0 Å². The first-order valence-corrected chi connectivity index (χ1v) is 5.33. The van der Waals surface area contributed by atoms with Crippen molar-refractivity contribution in [2.75, 3.05) is 18.4 Å². The molecule has 1 rings (SSSR count). The molecule has 6 nitrogen and oxygen atoms in total. The number of nitrogens with zero attached hydrogens (tertiary/aromatic N) is 4. The molecule has 0 saturated carbocycles. The highest BCUT2D eigenvalue weighted by Crippen LogP contribution is 2.24. The Bertz CT molecular complexity index is 282. The van der Waals surface area contributed by atoms with E-state index in [0.29, 0.717) is 12.5 Å². The molecular formula is C9H20N6. The molecule has 0 bridgehead atoms. The topological polar surface area (TPSA) is 81.7 Å². The maximum atomic E-state index is 5.81. The molecule has 0 amide bonds. The van der Waals surface area contributed by atoms with Crippen LogP contribution >= 0.6 is 0 Å². The van der Waals surface area contributed by atoms with Crippen molar-refractivity contribution in [3.63, 3.8) is 0 Å². The van der Waals surface area contributed by atoms with Crippen molar-refractivity contribution in [1.82, 2.24) is 20.2 Å². The van der Waals surface area contributed by atoms with Gasteiger partial charge >= 0.3 is 0 Å². The van der Waals surface area contributed by atoms with E-state index in [1.54, 1.807) is 4.68 Å². The van der Waals surface area contributed by atoms with E-state index in [2.05, 4.69) is 34.7 Å². The van der Waals surface area contributed by atoms with E-state index in [9.17, 15) is 0 Å². The van der Waals surface area contributed by atoms with Crippen LogP contribution < -0.4 is 11.1 Å². The van der Waals surface area contributed by atoms with Crippen molar-refractivity contribution in [2.24, 2.45) is 18.2 Å². The lowest BCUT2D eigenvalue weighted by atomic mass is 9.82. The van der Waals surface area contributed by atoms with Gasteiger partial charge in [-0.05, 0) is 35.2 Å². The van der Waals surface area contributed by atoms with Gasteiger partial charge in [-0.3, -0.25) is 0 Å². The fourth-order valence-corrected chi connectivity index (χ4v) is 1.51. The third-order valence-electron chi connectivity index (χ3n) is 3.17. The predicted octanol–water partition coefficient (Wildman–Crippen LogP) is 0.387. The molecule has 0 radical (unpaired) electrons. The molecule has 6 heteroatoms. The van der Waals surface area contributed by atoms with Gasteiger partial charge < -0.3 is 11.1 Å². The minimum Gasteiger partial charge on any atom is -0.352 e. The summed E-state index contributed by atoms with van der Waals surface area (Å²) in [6, 6.07) is 0. The highest BCUT2D eigenvalue weighted by Gasteiger charge is 2.24. The summed E-state index contributed by atoms with van der Waals surface area (Å²) >= 11 is 0. The van der Waals surface area contributed by atoms with E-state index >= 15 is 0 Å². The maximum Gasteiger partial charge on any atom is 0.242 e. The number of rotatable bonds is 6. The first kappa shape index (κ1) is 11.9. The van der Waals surface area contributed by atoms with Gasteiger partial charge in [0.2, 0.25) is 5.95 Å². The molecule has 0 aliphatic carbocycles. The summed E-state index contributed by atoms with van der Waals surface area (Å²) in [5.74, 6) is 0.690. The Morgan fingerprint density at radius 3 is 2.47 bits per heavy atom. The average molecular weight is 212 g/mol. The maximum absolute atomic E-state index is 5.81. The molecule has 0 aliphatic heterocycles. The first-order chi connectivity index (χ1) is 7.17. The summed E-state index contributed by atoms with van der Waals surface area (Å²) in [7, 11) is 1.81. The molecule has 0 atom stereocenters. The van der Waals surface area contributed by atoms with Crippen LogP contribution in [-0.2, 0) is 7.05 Å². The summed E-state index contributed by atoms with van der Waals surface area (Å²) < 4.78 is 1.62. The number of anilines is 1. The van der Waals surface area contributed by atoms with Crippen LogP contribution in [0.25, 0.3) is 0 Å². The zero-order valence-corrected chi connectivity index (χ0v) is 9.69. The summed E-state index contributed by atoms with van der Waals surface area (Å²) in [4.78, 5) is 0. The minimum atomic E-state index is 0.145. The zero-order valence-electron chi connectivity index (χ0n) is 9.69. The average Bonchev–Trinajstić information content (AvgIpc) is 2.67. The number of tetrazole rings is 1. The normalized spacial score (nSPS) is 11.7. The Hall–Kier alpha value is -1.17. The van der Waals surface area contributed by atoms with Crippen molar-refractivity contribution in [3.05, 3.63) is 0 Å². The van der Waals surface area contributed by atoms with Crippen LogP contribution in [0.1, 0.15) is 26.7 Å². The van der Waals surface area contributed by atoms with Gasteiger partial charge in [0.15, 0.2) is 0 Å². The minimum absolute atomic E-state index is 0.145. The third kappa shape index (κ3) is 2.65. The lowest BCUT2D eigenvalue weighted by molar-refractivity contribution is 0.294. The molecule has 0 unspecified atom stereocenters. The quantitative estimate of drug-likeness (QED) is 0.712. The van der Waals surface area contributed by atoms with Crippen molar-refractivity contribution < 1.29 is 0 Å². The van der Waals surface area contributed by atoms with Gasteiger partial charge in [-0.1, -0.05) is 18.9 Å². The van der Waals surface area contributed by atoms with E-state index in [-0.39, 0.29) is 5.41 Å².